The average Bonchev–Trinajstić information content (AvgIpc) is 2.59. The number of carbonyl (C=O) groups is 5. The number of aliphatic carboxylic acids is 4. The molecule has 7 N–H and O–H groups in total. The standard InChI is InChI=1S/C11H16ClN3O.2C2H2O4/c1-15(7-6-14-8-11(13)16)10-4-2-9(12)3-5-10;2*3-1(4)2(5)6/h2-5,14H,6-8H2,1H3,(H2,13,16);2*(H,3,4)(H,5,6). The van der Waals surface area contributed by atoms with E-state index in [0.717, 1.165) is 17.3 Å². The number of nitrogens with one attached hydrogen (secondary N) is 1. The molecule has 156 valence electrons. The van der Waals surface area contributed by atoms with Gasteiger partial charge in [-0.2, -0.15) is 0 Å². The lowest BCUT2D eigenvalue weighted by Crippen LogP contribution is -2.34. The first-order valence-electron chi connectivity index (χ1n) is 7.26. The summed E-state index contributed by atoms with van der Waals surface area (Å²) < 4.78 is 0. The Labute approximate surface area is 164 Å². The zero-order chi connectivity index (χ0) is 22.3. The lowest BCUT2D eigenvalue weighted by molar-refractivity contribution is -0.159. The molecule has 0 aliphatic carbocycles. The number of carboxylic acids is 4. The summed E-state index contributed by atoms with van der Waals surface area (Å²) >= 11 is 5.80. The van der Waals surface area contributed by atoms with Crippen LogP contribution in [0.3, 0.4) is 0 Å². The van der Waals surface area contributed by atoms with Crippen molar-refractivity contribution < 1.29 is 44.4 Å². The van der Waals surface area contributed by atoms with Gasteiger partial charge in [-0.15, -0.1) is 0 Å². The fourth-order valence-corrected chi connectivity index (χ4v) is 1.41. The van der Waals surface area contributed by atoms with E-state index in [-0.39, 0.29) is 12.5 Å². The maximum Gasteiger partial charge on any atom is 0.414 e. The minimum absolute atomic E-state index is 0.217. The first-order chi connectivity index (χ1) is 12.9. The molecule has 1 aromatic carbocycles. The van der Waals surface area contributed by atoms with Crippen LogP contribution >= 0.6 is 11.6 Å². The first kappa shape index (κ1) is 26.8. The van der Waals surface area contributed by atoms with Crippen LogP contribution in [-0.2, 0) is 24.0 Å². The number of nitrogens with zero attached hydrogens (tertiary/aromatic N) is 1. The number of hydrogen-bond donors (Lipinski definition) is 6. The van der Waals surface area contributed by atoms with E-state index in [4.69, 9.17) is 56.9 Å². The fourth-order valence-electron chi connectivity index (χ4n) is 1.28. The molecular weight excluding hydrogens is 402 g/mol. The van der Waals surface area contributed by atoms with E-state index >= 15 is 0 Å². The molecule has 28 heavy (non-hydrogen) atoms. The smallest absolute Gasteiger partial charge is 0.414 e. The summed E-state index contributed by atoms with van der Waals surface area (Å²) in [5, 5.41) is 33.2. The summed E-state index contributed by atoms with van der Waals surface area (Å²) in [7, 11) is 1.98. The Balaban J connectivity index is 0. The Bertz CT molecular complexity index is 632. The van der Waals surface area contributed by atoms with Gasteiger partial charge in [-0.05, 0) is 24.3 Å². The number of nitrogens with two attached hydrogens (primary N) is 1. The number of carbonyl (C=O) groups excluding carboxylic acids is 1. The van der Waals surface area contributed by atoms with Crippen molar-refractivity contribution in [3.8, 4) is 0 Å². The normalized spacial score (nSPS) is 8.93. The van der Waals surface area contributed by atoms with E-state index in [2.05, 4.69) is 10.2 Å². The van der Waals surface area contributed by atoms with E-state index < -0.39 is 23.9 Å². The van der Waals surface area contributed by atoms with Gasteiger partial charge in [0.2, 0.25) is 5.91 Å². The molecule has 0 aliphatic rings. The number of hydrogen-bond acceptors (Lipinski definition) is 7. The fraction of sp³-hybridized carbons (Fsp3) is 0.267. The van der Waals surface area contributed by atoms with Crippen LogP contribution in [0.4, 0.5) is 5.69 Å². The zero-order valence-electron chi connectivity index (χ0n) is 14.7. The Kier molecular flexibility index (Phi) is 14.1. The van der Waals surface area contributed by atoms with Crippen LogP contribution in [0, 0.1) is 0 Å². The van der Waals surface area contributed by atoms with Crippen molar-refractivity contribution in [2.75, 3.05) is 31.6 Å². The third-order valence-electron chi connectivity index (χ3n) is 2.56. The summed E-state index contributed by atoms with van der Waals surface area (Å²) in [4.78, 5) is 49.0. The van der Waals surface area contributed by atoms with Crippen molar-refractivity contribution in [1.82, 2.24) is 5.32 Å². The molecular formula is C15H20ClN3O9. The van der Waals surface area contributed by atoms with E-state index in [1.165, 1.54) is 0 Å². The predicted molar refractivity (Wildman–Crippen MR) is 97.3 cm³/mol. The number of halogens is 1. The number of primary amides is 1. The second-order valence-electron chi connectivity index (χ2n) is 4.76. The number of carboxylic acid groups (broad SMARTS) is 4. The maximum absolute atomic E-state index is 10.5. The van der Waals surface area contributed by atoms with E-state index in [9.17, 15) is 4.79 Å². The zero-order valence-corrected chi connectivity index (χ0v) is 15.4. The van der Waals surface area contributed by atoms with Crippen molar-refractivity contribution in [2.45, 2.75) is 0 Å². The molecule has 0 fully saturated rings. The van der Waals surface area contributed by atoms with Crippen LogP contribution < -0.4 is 16.0 Å². The van der Waals surface area contributed by atoms with Gasteiger partial charge in [0.15, 0.2) is 0 Å². The number of benzene rings is 1. The van der Waals surface area contributed by atoms with Crippen LogP contribution in [0.5, 0.6) is 0 Å². The van der Waals surface area contributed by atoms with Crippen LogP contribution in [-0.4, -0.2) is 76.9 Å². The average molecular weight is 422 g/mol. The topological polar surface area (TPSA) is 208 Å². The molecule has 13 heteroatoms. The Morgan fingerprint density at radius 2 is 1.32 bits per heavy atom. The van der Waals surface area contributed by atoms with Gasteiger partial charge in [-0.3, -0.25) is 4.79 Å². The second-order valence-corrected chi connectivity index (χ2v) is 5.20. The number of likely N-dealkylation sites (N-methyl/N-ethyl adjacent to an activating group) is 1. The molecule has 0 radical (unpaired) electrons. The molecule has 1 rings (SSSR count). The highest BCUT2D eigenvalue weighted by atomic mass is 35.5. The molecule has 1 amide bonds. The molecule has 0 atom stereocenters. The van der Waals surface area contributed by atoms with E-state index in [1.807, 2.05) is 31.3 Å². The van der Waals surface area contributed by atoms with Crippen LogP contribution in [0.25, 0.3) is 0 Å². The molecule has 0 aromatic heterocycles. The molecule has 0 heterocycles. The minimum atomic E-state index is -1.82. The van der Waals surface area contributed by atoms with Gasteiger partial charge in [0.05, 0.1) is 6.54 Å². The third kappa shape index (κ3) is 16.1. The molecule has 0 unspecified atom stereocenters. The molecule has 0 bridgehead atoms. The monoisotopic (exact) mass is 421 g/mol. The van der Waals surface area contributed by atoms with E-state index in [1.54, 1.807) is 0 Å². The summed E-state index contributed by atoms with van der Waals surface area (Å²) in [6.07, 6.45) is 0. The first-order valence-corrected chi connectivity index (χ1v) is 7.64. The van der Waals surface area contributed by atoms with Gasteiger partial charge in [0.1, 0.15) is 0 Å². The maximum atomic E-state index is 10.5. The van der Waals surface area contributed by atoms with Crippen molar-refractivity contribution in [3.05, 3.63) is 29.3 Å². The summed E-state index contributed by atoms with van der Waals surface area (Å²) in [5.74, 6) is -7.64. The summed E-state index contributed by atoms with van der Waals surface area (Å²) in [6, 6.07) is 7.61. The number of anilines is 1. The second kappa shape index (κ2) is 14.8. The van der Waals surface area contributed by atoms with Crippen LogP contribution in [0.15, 0.2) is 24.3 Å². The molecule has 0 spiro atoms. The van der Waals surface area contributed by atoms with Gasteiger partial charge >= 0.3 is 23.9 Å². The lowest BCUT2D eigenvalue weighted by atomic mass is 10.3. The molecule has 0 saturated carbocycles. The number of rotatable bonds is 6. The summed E-state index contributed by atoms with van der Waals surface area (Å²) in [6.45, 7) is 1.73. The molecule has 12 nitrogen and oxygen atoms in total. The lowest BCUT2D eigenvalue weighted by Gasteiger charge is -2.19. The van der Waals surface area contributed by atoms with Crippen LogP contribution in [0.1, 0.15) is 0 Å². The quantitative estimate of drug-likeness (QED) is 0.246. The largest absolute Gasteiger partial charge is 0.473 e. The van der Waals surface area contributed by atoms with Gasteiger partial charge < -0.3 is 36.4 Å². The van der Waals surface area contributed by atoms with E-state index in [0.29, 0.717) is 6.54 Å². The van der Waals surface area contributed by atoms with Gasteiger partial charge in [-0.25, -0.2) is 19.2 Å². The minimum Gasteiger partial charge on any atom is -0.473 e. The van der Waals surface area contributed by atoms with Gasteiger partial charge in [-0.1, -0.05) is 11.6 Å². The Hall–Kier alpha value is -3.38. The van der Waals surface area contributed by atoms with Gasteiger partial charge in [0, 0.05) is 30.8 Å². The number of amides is 1. The third-order valence-corrected chi connectivity index (χ3v) is 2.81. The predicted octanol–water partition coefficient (Wildman–Crippen LogP) is -0.838. The summed E-state index contributed by atoms with van der Waals surface area (Å²) in [5.41, 5.74) is 6.10. The van der Waals surface area contributed by atoms with Gasteiger partial charge in [0.25, 0.3) is 0 Å². The SMILES string of the molecule is CN(CCNCC(N)=O)c1ccc(Cl)cc1.O=C(O)C(=O)O.O=C(O)C(=O)O. The van der Waals surface area contributed by atoms with Crippen molar-refractivity contribution in [2.24, 2.45) is 5.73 Å². The van der Waals surface area contributed by atoms with Crippen LogP contribution in [0.2, 0.25) is 5.02 Å². The Morgan fingerprint density at radius 3 is 1.64 bits per heavy atom. The molecule has 0 saturated heterocycles. The highest BCUT2D eigenvalue weighted by molar-refractivity contribution is 6.30. The van der Waals surface area contributed by atoms with Crippen molar-refractivity contribution in [3.63, 3.8) is 0 Å². The molecule has 1 aromatic rings. The highest BCUT2D eigenvalue weighted by Crippen LogP contribution is 2.16. The highest BCUT2D eigenvalue weighted by Gasteiger charge is 2.04. The molecule has 0 aliphatic heterocycles. The van der Waals surface area contributed by atoms with Crippen molar-refractivity contribution >= 4 is 47.1 Å². The Morgan fingerprint density at radius 1 is 0.929 bits per heavy atom. The van der Waals surface area contributed by atoms with Crippen molar-refractivity contribution in [1.29, 1.82) is 0 Å².